The SMILES string of the molecule is CCCC(Br)c1ccc([N+](=O)[O-])cc1. The van der Waals surface area contributed by atoms with E-state index in [-0.39, 0.29) is 10.6 Å². The first-order chi connectivity index (χ1) is 6.65. The van der Waals surface area contributed by atoms with Crippen molar-refractivity contribution in [3.63, 3.8) is 0 Å². The van der Waals surface area contributed by atoms with Crippen LogP contribution in [0.15, 0.2) is 24.3 Å². The van der Waals surface area contributed by atoms with Crippen molar-refractivity contribution in [2.75, 3.05) is 0 Å². The van der Waals surface area contributed by atoms with Gasteiger partial charge in [0, 0.05) is 17.0 Å². The smallest absolute Gasteiger partial charge is 0.258 e. The Hall–Kier alpha value is -0.900. The molecule has 0 radical (unpaired) electrons. The van der Waals surface area contributed by atoms with Crippen molar-refractivity contribution < 1.29 is 4.92 Å². The van der Waals surface area contributed by atoms with Crippen molar-refractivity contribution in [2.24, 2.45) is 0 Å². The summed E-state index contributed by atoms with van der Waals surface area (Å²) in [4.78, 5) is 10.3. The van der Waals surface area contributed by atoms with Crippen LogP contribution >= 0.6 is 15.9 Å². The summed E-state index contributed by atoms with van der Waals surface area (Å²) in [7, 11) is 0. The second-order valence-electron chi connectivity index (χ2n) is 3.10. The van der Waals surface area contributed by atoms with Gasteiger partial charge in [0.2, 0.25) is 0 Å². The number of nitro groups is 1. The van der Waals surface area contributed by atoms with Gasteiger partial charge in [-0.3, -0.25) is 10.1 Å². The van der Waals surface area contributed by atoms with E-state index in [1.165, 1.54) is 0 Å². The molecule has 0 saturated heterocycles. The average molecular weight is 258 g/mol. The predicted octanol–water partition coefficient (Wildman–Crippen LogP) is 3.83. The van der Waals surface area contributed by atoms with E-state index in [4.69, 9.17) is 0 Å². The van der Waals surface area contributed by atoms with Crippen LogP contribution in [0.5, 0.6) is 0 Å². The maximum Gasteiger partial charge on any atom is 0.269 e. The van der Waals surface area contributed by atoms with Crippen LogP contribution in [0.25, 0.3) is 0 Å². The third kappa shape index (κ3) is 2.80. The highest BCUT2D eigenvalue weighted by Gasteiger charge is 2.08. The molecule has 0 aromatic heterocycles. The zero-order valence-corrected chi connectivity index (χ0v) is 9.53. The van der Waals surface area contributed by atoms with Gasteiger partial charge >= 0.3 is 0 Å². The van der Waals surface area contributed by atoms with Crippen LogP contribution in [0, 0.1) is 10.1 Å². The topological polar surface area (TPSA) is 43.1 Å². The number of hydrogen-bond acceptors (Lipinski definition) is 2. The molecule has 0 amide bonds. The Labute approximate surface area is 91.4 Å². The Morgan fingerprint density at radius 2 is 2.00 bits per heavy atom. The quantitative estimate of drug-likeness (QED) is 0.468. The summed E-state index contributed by atoms with van der Waals surface area (Å²) >= 11 is 3.54. The molecular weight excluding hydrogens is 246 g/mol. The van der Waals surface area contributed by atoms with E-state index in [0.717, 1.165) is 18.4 Å². The molecule has 4 heteroatoms. The molecule has 1 aromatic rings. The molecule has 0 bridgehead atoms. The second-order valence-corrected chi connectivity index (χ2v) is 4.21. The molecule has 14 heavy (non-hydrogen) atoms. The molecule has 1 unspecified atom stereocenters. The van der Waals surface area contributed by atoms with Crippen molar-refractivity contribution in [1.82, 2.24) is 0 Å². The maximum absolute atomic E-state index is 10.4. The first kappa shape index (κ1) is 11.2. The lowest BCUT2D eigenvalue weighted by Gasteiger charge is -2.07. The Kier molecular flexibility index (Phi) is 4.07. The summed E-state index contributed by atoms with van der Waals surface area (Å²) in [5.41, 5.74) is 1.24. The van der Waals surface area contributed by atoms with Crippen LogP contribution in [0.3, 0.4) is 0 Å². The fraction of sp³-hybridized carbons (Fsp3) is 0.400. The number of non-ortho nitro benzene ring substituents is 1. The van der Waals surface area contributed by atoms with Crippen molar-refractivity contribution in [1.29, 1.82) is 0 Å². The lowest BCUT2D eigenvalue weighted by Crippen LogP contribution is -1.91. The average Bonchev–Trinajstić information content (AvgIpc) is 2.18. The maximum atomic E-state index is 10.4. The summed E-state index contributed by atoms with van der Waals surface area (Å²) in [5.74, 6) is 0. The highest BCUT2D eigenvalue weighted by atomic mass is 79.9. The van der Waals surface area contributed by atoms with E-state index < -0.39 is 0 Å². The van der Waals surface area contributed by atoms with Gasteiger partial charge < -0.3 is 0 Å². The van der Waals surface area contributed by atoms with E-state index in [1.807, 2.05) is 0 Å². The summed E-state index contributed by atoms with van der Waals surface area (Å²) in [6.45, 7) is 2.11. The molecular formula is C10H12BrNO2. The minimum Gasteiger partial charge on any atom is -0.258 e. The summed E-state index contributed by atoms with van der Waals surface area (Å²) in [5, 5.41) is 10.4. The van der Waals surface area contributed by atoms with Crippen LogP contribution in [0.2, 0.25) is 0 Å². The van der Waals surface area contributed by atoms with Gasteiger partial charge in [-0.1, -0.05) is 41.4 Å². The standard InChI is InChI=1S/C10H12BrNO2/c1-2-3-10(11)8-4-6-9(7-5-8)12(13)14/h4-7,10H,2-3H2,1H3. The molecule has 3 nitrogen and oxygen atoms in total. The van der Waals surface area contributed by atoms with E-state index in [9.17, 15) is 10.1 Å². The Balaban J connectivity index is 2.77. The molecule has 0 aliphatic carbocycles. The molecule has 0 fully saturated rings. The number of alkyl halides is 1. The van der Waals surface area contributed by atoms with E-state index >= 15 is 0 Å². The number of nitrogens with zero attached hydrogens (tertiary/aromatic N) is 1. The fourth-order valence-corrected chi connectivity index (χ4v) is 1.99. The lowest BCUT2D eigenvalue weighted by atomic mass is 10.1. The van der Waals surface area contributed by atoms with Gasteiger partial charge in [-0.2, -0.15) is 0 Å². The zero-order chi connectivity index (χ0) is 10.6. The van der Waals surface area contributed by atoms with Crippen molar-refractivity contribution in [3.05, 3.63) is 39.9 Å². The number of nitro benzene ring substituents is 1. The molecule has 1 atom stereocenters. The molecule has 0 saturated carbocycles. The molecule has 0 heterocycles. The first-order valence-corrected chi connectivity index (χ1v) is 5.45. The number of benzene rings is 1. The summed E-state index contributed by atoms with van der Waals surface area (Å²) in [6.07, 6.45) is 2.13. The van der Waals surface area contributed by atoms with Crippen molar-refractivity contribution in [3.8, 4) is 0 Å². The largest absolute Gasteiger partial charge is 0.269 e. The van der Waals surface area contributed by atoms with Gasteiger partial charge in [-0.05, 0) is 12.0 Å². The molecule has 0 aliphatic heterocycles. The van der Waals surface area contributed by atoms with E-state index in [2.05, 4.69) is 22.9 Å². The molecule has 1 aromatic carbocycles. The van der Waals surface area contributed by atoms with E-state index in [1.54, 1.807) is 24.3 Å². The Bertz CT molecular complexity index is 310. The third-order valence-corrected chi connectivity index (χ3v) is 2.99. The molecule has 0 aliphatic rings. The Morgan fingerprint density at radius 1 is 1.43 bits per heavy atom. The molecule has 0 N–H and O–H groups in total. The minimum atomic E-state index is -0.382. The monoisotopic (exact) mass is 257 g/mol. The highest BCUT2D eigenvalue weighted by Crippen LogP contribution is 2.28. The van der Waals surface area contributed by atoms with Crippen molar-refractivity contribution >= 4 is 21.6 Å². The van der Waals surface area contributed by atoms with E-state index in [0.29, 0.717) is 4.83 Å². The summed E-state index contributed by atoms with van der Waals surface area (Å²) < 4.78 is 0. The van der Waals surface area contributed by atoms with Gasteiger partial charge in [-0.15, -0.1) is 0 Å². The lowest BCUT2D eigenvalue weighted by molar-refractivity contribution is -0.384. The van der Waals surface area contributed by atoms with Gasteiger partial charge in [-0.25, -0.2) is 0 Å². The molecule has 0 spiro atoms. The molecule has 1 rings (SSSR count). The predicted molar refractivity (Wildman–Crippen MR) is 59.7 cm³/mol. The fourth-order valence-electron chi connectivity index (χ4n) is 1.22. The third-order valence-electron chi connectivity index (χ3n) is 2.01. The van der Waals surface area contributed by atoms with Crippen LogP contribution in [-0.2, 0) is 0 Å². The van der Waals surface area contributed by atoms with Gasteiger partial charge in [0.1, 0.15) is 0 Å². The minimum absolute atomic E-state index is 0.143. The second kappa shape index (κ2) is 5.10. The van der Waals surface area contributed by atoms with Crippen molar-refractivity contribution in [2.45, 2.75) is 24.6 Å². The molecule has 76 valence electrons. The van der Waals surface area contributed by atoms with Crippen LogP contribution in [0.1, 0.15) is 30.2 Å². The Morgan fingerprint density at radius 3 is 2.43 bits per heavy atom. The van der Waals surface area contributed by atoms with Crippen LogP contribution < -0.4 is 0 Å². The normalized spacial score (nSPS) is 12.4. The number of halogens is 1. The van der Waals surface area contributed by atoms with Crippen LogP contribution in [-0.4, -0.2) is 4.92 Å². The number of hydrogen-bond donors (Lipinski definition) is 0. The van der Waals surface area contributed by atoms with Crippen LogP contribution in [0.4, 0.5) is 5.69 Å². The summed E-state index contributed by atoms with van der Waals surface area (Å²) in [6, 6.07) is 6.68. The van der Waals surface area contributed by atoms with Gasteiger partial charge in [0.05, 0.1) is 4.92 Å². The highest BCUT2D eigenvalue weighted by molar-refractivity contribution is 9.09. The first-order valence-electron chi connectivity index (χ1n) is 4.53. The number of rotatable bonds is 4. The van der Waals surface area contributed by atoms with Gasteiger partial charge in [0.25, 0.3) is 5.69 Å². The zero-order valence-electron chi connectivity index (χ0n) is 7.94. The van der Waals surface area contributed by atoms with Gasteiger partial charge in [0.15, 0.2) is 0 Å².